The van der Waals surface area contributed by atoms with Gasteiger partial charge in [-0.3, -0.25) is 14.5 Å². The maximum Gasteiger partial charge on any atom is 0.410 e. The number of carbonyl (C=O) groups excluding carboxylic acids is 3. The Morgan fingerprint density at radius 3 is 2.67 bits per heavy atom. The second-order valence-electron chi connectivity index (χ2n) is 8.12. The minimum Gasteiger partial charge on any atom is -0.445 e. The van der Waals surface area contributed by atoms with Crippen LogP contribution in [0.5, 0.6) is 0 Å². The number of β-amino-alcohol motifs (C(OH)–C–C–N with tert-alkyl or cyclic N) is 1. The number of methoxy groups -OCH3 is 1. The van der Waals surface area contributed by atoms with Crippen LogP contribution in [-0.4, -0.2) is 66.9 Å². The Bertz CT molecular complexity index is 1030. The number of rotatable bonds is 6. The summed E-state index contributed by atoms with van der Waals surface area (Å²) in [6, 6.07) is 13.8. The van der Waals surface area contributed by atoms with Gasteiger partial charge in [0, 0.05) is 37.0 Å². The Labute approximate surface area is 191 Å². The van der Waals surface area contributed by atoms with Gasteiger partial charge in [0.15, 0.2) is 0 Å². The first-order valence-electron chi connectivity index (χ1n) is 10.9. The van der Waals surface area contributed by atoms with Crippen LogP contribution in [0.1, 0.15) is 17.5 Å². The molecule has 2 aliphatic rings. The van der Waals surface area contributed by atoms with Gasteiger partial charge in [-0.25, -0.2) is 4.79 Å². The second kappa shape index (κ2) is 10.0. The van der Waals surface area contributed by atoms with Gasteiger partial charge in [-0.15, -0.1) is 0 Å². The lowest BCUT2D eigenvalue weighted by molar-refractivity contribution is -0.122. The van der Waals surface area contributed by atoms with Crippen LogP contribution in [0.4, 0.5) is 16.2 Å². The summed E-state index contributed by atoms with van der Waals surface area (Å²) in [7, 11) is 1.47. The third kappa shape index (κ3) is 4.99. The molecule has 0 spiro atoms. The zero-order valence-electron chi connectivity index (χ0n) is 18.4. The van der Waals surface area contributed by atoms with Crippen LogP contribution >= 0.6 is 0 Å². The van der Waals surface area contributed by atoms with Crippen LogP contribution in [-0.2, 0) is 32.1 Å². The molecule has 9 nitrogen and oxygen atoms in total. The highest BCUT2D eigenvalue weighted by atomic mass is 16.6. The highest BCUT2D eigenvalue weighted by molar-refractivity contribution is 6.01. The van der Waals surface area contributed by atoms with E-state index in [0.29, 0.717) is 18.7 Å². The van der Waals surface area contributed by atoms with Gasteiger partial charge >= 0.3 is 6.09 Å². The molecule has 1 fully saturated rings. The third-order valence-corrected chi connectivity index (χ3v) is 5.88. The zero-order chi connectivity index (χ0) is 23.4. The summed E-state index contributed by atoms with van der Waals surface area (Å²) in [6.07, 6.45) is -0.740. The molecule has 2 aromatic carbocycles. The molecule has 0 aliphatic carbocycles. The maximum absolute atomic E-state index is 13.1. The molecule has 174 valence electrons. The molecule has 2 N–H and O–H groups in total. The number of ether oxygens (including phenoxy) is 2. The van der Waals surface area contributed by atoms with E-state index >= 15 is 0 Å². The highest BCUT2D eigenvalue weighted by Gasteiger charge is 2.40. The normalized spacial score (nSPS) is 19.3. The van der Waals surface area contributed by atoms with Crippen molar-refractivity contribution in [2.45, 2.75) is 31.6 Å². The van der Waals surface area contributed by atoms with Gasteiger partial charge in [0.1, 0.15) is 19.3 Å². The topological polar surface area (TPSA) is 108 Å². The van der Waals surface area contributed by atoms with Crippen LogP contribution in [0.15, 0.2) is 48.5 Å². The summed E-state index contributed by atoms with van der Waals surface area (Å²) >= 11 is 0. The number of likely N-dealkylation sites (tertiary alicyclic amines) is 1. The maximum atomic E-state index is 13.1. The van der Waals surface area contributed by atoms with Crippen LogP contribution in [0.25, 0.3) is 0 Å². The fraction of sp³-hybridized carbons (Fsp3) is 0.375. The van der Waals surface area contributed by atoms with Gasteiger partial charge in [-0.2, -0.15) is 0 Å². The molecule has 2 aromatic rings. The zero-order valence-corrected chi connectivity index (χ0v) is 18.4. The van der Waals surface area contributed by atoms with Gasteiger partial charge in [-0.05, 0) is 24.1 Å². The van der Waals surface area contributed by atoms with E-state index < -0.39 is 24.1 Å². The van der Waals surface area contributed by atoms with Crippen LogP contribution < -0.4 is 10.2 Å². The lowest BCUT2D eigenvalue weighted by Crippen LogP contribution is -2.43. The minimum absolute atomic E-state index is 0.0178. The molecule has 2 aliphatic heterocycles. The quantitative estimate of drug-likeness (QED) is 0.692. The molecule has 0 aromatic heterocycles. The van der Waals surface area contributed by atoms with Crippen LogP contribution in [0.3, 0.4) is 0 Å². The van der Waals surface area contributed by atoms with Crippen molar-refractivity contribution in [3.8, 4) is 0 Å². The van der Waals surface area contributed by atoms with Crippen molar-refractivity contribution in [2.24, 2.45) is 0 Å². The third-order valence-electron chi connectivity index (χ3n) is 5.88. The fourth-order valence-corrected chi connectivity index (χ4v) is 4.29. The molecule has 3 amide bonds. The number of nitrogens with one attached hydrogen (secondary N) is 1. The van der Waals surface area contributed by atoms with E-state index in [0.717, 1.165) is 16.8 Å². The molecule has 2 atom stereocenters. The lowest BCUT2D eigenvalue weighted by Gasteiger charge is -2.23. The Morgan fingerprint density at radius 1 is 1.12 bits per heavy atom. The number of anilines is 2. The van der Waals surface area contributed by atoms with E-state index in [9.17, 15) is 19.5 Å². The van der Waals surface area contributed by atoms with E-state index in [1.807, 2.05) is 36.4 Å². The number of fused-ring (bicyclic) bond motifs is 1. The van der Waals surface area contributed by atoms with Crippen LogP contribution in [0, 0.1) is 0 Å². The fourth-order valence-electron chi connectivity index (χ4n) is 4.29. The summed E-state index contributed by atoms with van der Waals surface area (Å²) in [5.74, 6) is -0.552. The molecule has 33 heavy (non-hydrogen) atoms. The van der Waals surface area contributed by atoms with Gasteiger partial charge in [0.05, 0.1) is 12.6 Å². The molecule has 0 saturated carbocycles. The summed E-state index contributed by atoms with van der Waals surface area (Å²) in [6.45, 7) is 0.594. The van der Waals surface area contributed by atoms with Crippen molar-refractivity contribution in [3.63, 3.8) is 0 Å². The number of hydrogen-bond acceptors (Lipinski definition) is 6. The number of carbonyl (C=O) groups is 3. The van der Waals surface area contributed by atoms with Crippen molar-refractivity contribution in [3.05, 3.63) is 59.7 Å². The van der Waals surface area contributed by atoms with Crippen molar-refractivity contribution >= 4 is 29.3 Å². The van der Waals surface area contributed by atoms with E-state index in [1.54, 1.807) is 17.0 Å². The molecule has 0 bridgehead atoms. The number of benzene rings is 2. The number of hydrogen-bond donors (Lipinski definition) is 2. The number of aliphatic hydroxyl groups excluding tert-OH is 1. The van der Waals surface area contributed by atoms with Gasteiger partial charge in [-0.1, -0.05) is 36.4 Å². The average molecular weight is 453 g/mol. The number of aliphatic hydroxyl groups is 1. The molecule has 0 unspecified atom stereocenters. The highest BCUT2D eigenvalue weighted by Crippen LogP contribution is 2.34. The predicted molar refractivity (Wildman–Crippen MR) is 121 cm³/mol. The second-order valence-corrected chi connectivity index (χ2v) is 8.12. The molecule has 2 heterocycles. The summed E-state index contributed by atoms with van der Waals surface area (Å²) < 4.78 is 10.3. The monoisotopic (exact) mass is 453 g/mol. The summed E-state index contributed by atoms with van der Waals surface area (Å²) in [5.41, 5.74) is 3.01. The average Bonchev–Trinajstić information content (AvgIpc) is 3.43. The summed E-state index contributed by atoms with van der Waals surface area (Å²) in [4.78, 5) is 41.0. The summed E-state index contributed by atoms with van der Waals surface area (Å²) in [5, 5.41) is 13.0. The molecular formula is C24H27N3O6. The first-order valence-corrected chi connectivity index (χ1v) is 10.9. The molecular weight excluding hydrogens is 426 g/mol. The lowest BCUT2D eigenvalue weighted by atomic mass is 10.1. The van der Waals surface area contributed by atoms with E-state index in [-0.39, 0.29) is 32.1 Å². The van der Waals surface area contributed by atoms with E-state index in [1.165, 1.54) is 12.0 Å². The largest absolute Gasteiger partial charge is 0.445 e. The molecule has 1 saturated heterocycles. The van der Waals surface area contributed by atoms with Crippen molar-refractivity contribution in [1.29, 1.82) is 0 Å². The molecule has 0 radical (unpaired) electrons. The van der Waals surface area contributed by atoms with Crippen LogP contribution in [0.2, 0.25) is 0 Å². The standard InChI is InChI=1S/C24H27N3O6/c1-32-15-22(29)26-11-10-18-19(8-5-9-20(18)26)25-23(30)21-12-17(28)13-27(21)24(31)33-14-16-6-3-2-4-7-16/h2-9,17,21,28H,10-15H2,1H3,(H,25,30)/t17-,21+/m1/s1. The smallest absolute Gasteiger partial charge is 0.410 e. The Balaban J connectivity index is 1.44. The van der Waals surface area contributed by atoms with Crippen molar-refractivity contribution < 1.29 is 29.0 Å². The first-order chi connectivity index (χ1) is 16.0. The van der Waals surface area contributed by atoms with Crippen molar-refractivity contribution in [2.75, 3.05) is 37.0 Å². The Hall–Kier alpha value is -3.43. The predicted octanol–water partition coefficient (Wildman–Crippen LogP) is 1.93. The number of nitrogens with zero attached hydrogens (tertiary/aromatic N) is 2. The van der Waals surface area contributed by atoms with Gasteiger partial charge in [0.2, 0.25) is 5.91 Å². The SMILES string of the molecule is COCC(=O)N1CCc2c(NC(=O)[C@@H]3C[C@@H](O)CN3C(=O)OCc3ccccc3)cccc21. The minimum atomic E-state index is -0.855. The Morgan fingerprint density at radius 2 is 1.91 bits per heavy atom. The van der Waals surface area contributed by atoms with E-state index in [2.05, 4.69) is 5.32 Å². The van der Waals surface area contributed by atoms with Crippen molar-refractivity contribution in [1.82, 2.24) is 4.90 Å². The first kappa shape index (κ1) is 22.8. The van der Waals surface area contributed by atoms with E-state index in [4.69, 9.17) is 9.47 Å². The Kier molecular flexibility index (Phi) is 6.90. The van der Waals surface area contributed by atoms with Gasteiger partial charge < -0.3 is 24.8 Å². The molecule has 4 rings (SSSR count). The number of amides is 3. The van der Waals surface area contributed by atoms with Gasteiger partial charge in [0.25, 0.3) is 5.91 Å². The molecule has 9 heteroatoms.